The molecule has 1 aromatic heterocycles. The zero-order chi connectivity index (χ0) is 23.6. The number of thiazole rings is 1. The van der Waals surface area contributed by atoms with E-state index in [2.05, 4.69) is 19.1 Å². The molecule has 0 spiro atoms. The van der Waals surface area contributed by atoms with Gasteiger partial charge in [0.25, 0.3) is 5.91 Å². The molecule has 3 aromatic carbocycles. The van der Waals surface area contributed by atoms with Crippen LogP contribution < -0.4 is 4.90 Å². The highest BCUT2D eigenvalue weighted by molar-refractivity contribution is 7.92. The van der Waals surface area contributed by atoms with Gasteiger partial charge in [-0.05, 0) is 61.7 Å². The Balaban J connectivity index is 1.78. The summed E-state index contributed by atoms with van der Waals surface area (Å²) >= 11 is 1.47. The number of rotatable bonds is 7. The smallest absolute Gasteiger partial charge is 0.260 e. The van der Waals surface area contributed by atoms with Crippen molar-refractivity contribution in [1.29, 1.82) is 0 Å². The maximum atomic E-state index is 13.7. The number of hydrogen-bond donors (Lipinski definition) is 0. The van der Waals surface area contributed by atoms with Crippen molar-refractivity contribution >= 4 is 42.4 Å². The van der Waals surface area contributed by atoms with Gasteiger partial charge >= 0.3 is 0 Å². The van der Waals surface area contributed by atoms with E-state index >= 15 is 0 Å². The fraction of sp³-hybridized carbons (Fsp3) is 0.231. The molecule has 0 N–H and O–H groups in total. The molecule has 0 radical (unpaired) electrons. The largest absolute Gasteiger partial charge is 0.279 e. The van der Waals surface area contributed by atoms with Crippen molar-refractivity contribution in [2.45, 2.75) is 43.9 Å². The van der Waals surface area contributed by atoms with Crippen molar-refractivity contribution in [3.8, 4) is 0 Å². The van der Waals surface area contributed by atoms with Crippen molar-refractivity contribution in [3.05, 3.63) is 89.5 Å². The topological polar surface area (TPSA) is 67.3 Å². The van der Waals surface area contributed by atoms with Crippen LogP contribution in [0.2, 0.25) is 0 Å². The number of carbonyl (C=O) groups is 1. The molecule has 0 unspecified atom stereocenters. The molecular formula is C26H26N2O3S2. The standard InChI is InChI=1S/C26H26N2O3S2/c1-4-19-13-14-23-24(15-19)32-26(27-23)28(17-20-9-6-5-7-10-20)25(29)21-11-8-12-22(16-21)33(30,31)18(2)3/h5-16,18H,4,17H2,1-3H3. The number of hydrogen-bond acceptors (Lipinski definition) is 5. The molecule has 0 bridgehead atoms. The van der Waals surface area contributed by atoms with Crippen LogP contribution in [-0.4, -0.2) is 24.6 Å². The van der Waals surface area contributed by atoms with E-state index in [1.54, 1.807) is 30.9 Å². The summed E-state index contributed by atoms with van der Waals surface area (Å²) in [5.41, 5.74) is 3.34. The van der Waals surface area contributed by atoms with Crippen LogP contribution in [0.5, 0.6) is 0 Å². The van der Waals surface area contributed by atoms with E-state index in [0.29, 0.717) is 17.2 Å². The van der Waals surface area contributed by atoms with E-state index in [-0.39, 0.29) is 10.8 Å². The number of nitrogens with zero attached hydrogens (tertiary/aromatic N) is 2. The van der Waals surface area contributed by atoms with E-state index in [4.69, 9.17) is 4.98 Å². The highest BCUT2D eigenvalue weighted by atomic mass is 32.2. The molecule has 0 atom stereocenters. The average Bonchev–Trinajstić information content (AvgIpc) is 3.25. The molecule has 5 nitrogen and oxygen atoms in total. The first-order valence-corrected chi connectivity index (χ1v) is 13.2. The summed E-state index contributed by atoms with van der Waals surface area (Å²) < 4.78 is 26.4. The number of aryl methyl sites for hydroxylation is 1. The molecule has 7 heteroatoms. The monoisotopic (exact) mass is 478 g/mol. The second-order valence-electron chi connectivity index (χ2n) is 8.15. The summed E-state index contributed by atoms with van der Waals surface area (Å²) in [7, 11) is -3.49. The molecule has 0 aliphatic rings. The Bertz CT molecular complexity index is 1390. The molecule has 33 heavy (non-hydrogen) atoms. The van der Waals surface area contributed by atoms with E-state index in [0.717, 1.165) is 22.2 Å². The number of anilines is 1. The minimum Gasteiger partial charge on any atom is -0.279 e. The van der Waals surface area contributed by atoms with Gasteiger partial charge in [0.1, 0.15) is 0 Å². The highest BCUT2D eigenvalue weighted by Crippen LogP contribution is 2.32. The Hall–Kier alpha value is -3.03. The molecule has 170 valence electrons. The molecule has 0 aliphatic carbocycles. The fourth-order valence-electron chi connectivity index (χ4n) is 3.52. The van der Waals surface area contributed by atoms with Crippen molar-refractivity contribution in [2.24, 2.45) is 0 Å². The summed E-state index contributed by atoms with van der Waals surface area (Å²) in [5, 5.41) is 0.0181. The summed E-state index contributed by atoms with van der Waals surface area (Å²) in [4.78, 5) is 20.2. The van der Waals surface area contributed by atoms with Crippen molar-refractivity contribution < 1.29 is 13.2 Å². The Morgan fingerprint density at radius 1 is 0.970 bits per heavy atom. The fourth-order valence-corrected chi connectivity index (χ4v) is 5.65. The van der Waals surface area contributed by atoms with Gasteiger partial charge in [-0.15, -0.1) is 0 Å². The second kappa shape index (κ2) is 9.45. The predicted molar refractivity (Wildman–Crippen MR) is 135 cm³/mol. The zero-order valence-corrected chi connectivity index (χ0v) is 20.5. The van der Waals surface area contributed by atoms with Gasteiger partial charge in [0.2, 0.25) is 0 Å². The van der Waals surface area contributed by atoms with E-state index in [1.165, 1.54) is 29.0 Å². The minimum atomic E-state index is -3.49. The van der Waals surface area contributed by atoms with Gasteiger partial charge < -0.3 is 0 Å². The van der Waals surface area contributed by atoms with Crippen LogP contribution in [0, 0.1) is 0 Å². The second-order valence-corrected chi connectivity index (χ2v) is 11.7. The van der Waals surface area contributed by atoms with Gasteiger partial charge in [0, 0.05) is 5.56 Å². The number of amides is 1. The van der Waals surface area contributed by atoms with Crippen LogP contribution >= 0.6 is 11.3 Å². The van der Waals surface area contributed by atoms with Crippen LogP contribution in [0.4, 0.5) is 5.13 Å². The number of benzene rings is 3. The van der Waals surface area contributed by atoms with Crippen molar-refractivity contribution in [1.82, 2.24) is 4.98 Å². The zero-order valence-electron chi connectivity index (χ0n) is 18.9. The average molecular weight is 479 g/mol. The lowest BCUT2D eigenvalue weighted by molar-refractivity contribution is 0.0985. The molecule has 4 aromatic rings. The van der Waals surface area contributed by atoms with Crippen LogP contribution in [0.3, 0.4) is 0 Å². The lowest BCUT2D eigenvalue weighted by Gasteiger charge is -2.20. The molecule has 1 amide bonds. The third-order valence-electron chi connectivity index (χ3n) is 5.54. The van der Waals surface area contributed by atoms with Gasteiger partial charge in [-0.25, -0.2) is 13.4 Å². The minimum absolute atomic E-state index is 0.153. The number of carbonyl (C=O) groups excluding carboxylic acids is 1. The van der Waals surface area contributed by atoms with Crippen LogP contribution in [0.1, 0.15) is 42.3 Å². The van der Waals surface area contributed by atoms with Crippen LogP contribution in [0.25, 0.3) is 10.2 Å². The maximum absolute atomic E-state index is 13.7. The highest BCUT2D eigenvalue weighted by Gasteiger charge is 2.25. The number of sulfone groups is 1. The van der Waals surface area contributed by atoms with Crippen LogP contribution in [-0.2, 0) is 22.8 Å². The van der Waals surface area contributed by atoms with Gasteiger partial charge in [0.15, 0.2) is 15.0 Å². The lowest BCUT2D eigenvalue weighted by atomic mass is 10.1. The lowest BCUT2D eigenvalue weighted by Crippen LogP contribution is -2.30. The first kappa shape index (κ1) is 23.1. The van der Waals surface area contributed by atoms with Gasteiger partial charge in [-0.2, -0.15) is 0 Å². The quantitative estimate of drug-likeness (QED) is 0.332. The summed E-state index contributed by atoms with van der Waals surface area (Å²) in [6, 6.07) is 22.1. The van der Waals surface area contributed by atoms with Crippen molar-refractivity contribution in [3.63, 3.8) is 0 Å². The predicted octanol–water partition coefficient (Wildman–Crippen LogP) is 5.89. The molecule has 0 saturated heterocycles. The molecule has 0 aliphatic heterocycles. The van der Waals surface area contributed by atoms with E-state index in [1.807, 2.05) is 36.4 Å². The van der Waals surface area contributed by atoms with Crippen LogP contribution in [0.15, 0.2) is 77.7 Å². The molecular weight excluding hydrogens is 452 g/mol. The van der Waals surface area contributed by atoms with Crippen molar-refractivity contribution in [2.75, 3.05) is 4.90 Å². The summed E-state index contributed by atoms with van der Waals surface area (Å²) in [6.45, 7) is 5.71. The molecule has 0 fully saturated rings. The Morgan fingerprint density at radius 3 is 2.42 bits per heavy atom. The Kier molecular flexibility index (Phi) is 6.63. The molecule has 0 saturated carbocycles. The number of aromatic nitrogens is 1. The first-order valence-electron chi connectivity index (χ1n) is 10.9. The third-order valence-corrected chi connectivity index (χ3v) is 8.73. The first-order chi connectivity index (χ1) is 15.8. The molecule has 4 rings (SSSR count). The Labute approximate surface area is 198 Å². The number of fused-ring (bicyclic) bond motifs is 1. The van der Waals surface area contributed by atoms with E-state index in [9.17, 15) is 13.2 Å². The van der Waals surface area contributed by atoms with Gasteiger partial charge in [-0.1, -0.05) is 60.7 Å². The SMILES string of the molecule is CCc1ccc2nc(N(Cc3ccccc3)C(=O)c3cccc(S(=O)(=O)C(C)C)c3)sc2c1. The Morgan fingerprint density at radius 2 is 1.73 bits per heavy atom. The third kappa shape index (κ3) is 4.84. The summed E-state index contributed by atoms with van der Waals surface area (Å²) in [6.07, 6.45) is 0.924. The summed E-state index contributed by atoms with van der Waals surface area (Å²) in [5.74, 6) is -0.283. The molecule has 1 heterocycles. The normalized spacial score (nSPS) is 11.8. The van der Waals surface area contributed by atoms with E-state index < -0.39 is 15.1 Å². The van der Waals surface area contributed by atoms with Gasteiger partial charge in [0.05, 0.1) is 26.9 Å². The maximum Gasteiger partial charge on any atom is 0.260 e. The van der Waals surface area contributed by atoms with Gasteiger partial charge in [-0.3, -0.25) is 9.69 Å².